The van der Waals surface area contributed by atoms with Crippen molar-refractivity contribution in [3.63, 3.8) is 0 Å². The van der Waals surface area contributed by atoms with Gasteiger partial charge in [0.15, 0.2) is 6.10 Å². The van der Waals surface area contributed by atoms with Crippen molar-refractivity contribution < 1.29 is 23.9 Å². The molecule has 0 radical (unpaired) electrons. The number of nitrogens with one attached hydrogen (secondary N) is 2. The molecular weight excluding hydrogens is 442 g/mol. The van der Waals surface area contributed by atoms with E-state index in [-0.39, 0.29) is 18.6 Å². The molecule has 1 aliphatic rings. The van der Waals surface area contributed by atoms with Gasteiger partial charge in [-0.25, -0.2) is 4.79 Å². The van der Waals surface area contributed by atoms with Crippen molar-refractivity contribution in [1.29, 1.82) is 0 Å². The lowest BCUT2D eigenvalue weighted by Gasteiger charge is -2.27. The van der Waals surface area contributed by atoms with Gasteiger partial charge in [-0.2, -0.15) is 0 Å². The summed E-state index contributed by atoms with van der Waals surface area (Å²) in [5.74, 6) is -0.386. The summed E-state index contributed by atoms with van der Waals surface area (Å²) in [6.45, 7) is 7.57. The Balaban J connectivity index is 1.96. The van der Waals surface area contributed by atoms with E-state index in [2.05, 4.69) is 31.7 Å². The topological polar surface area (TPSA) is 98.2 Å². The molecular formula is C20H28BrN3O5. The van der Waals surface area contributed by atoms with Crippen LogP contribution in [0.5, 0.6) is 0 Å². The third-order valence-corrected chi connectivity index (χ3v) is 4.45. The third kappa shape index (κ3) is 8.41. The monoisotopic (exact) mass is 469 g/mol. The summed E-state index contributed by atoms with van der Waals surface area (Å²) < 4.78 is 11.8. The molecule has 3 atom stereocenters. The van der Waals surface area contributed by atoms with E-state index in [4.69, 9.17) is 14.3 Å². The van der Waals surface area contributed by atoms with Gasteiger partial charge in [0, 0.05) is 6.42 Å². The van der Waals surface area contributed by atoms with E-state index in [0.29, 0.717) is 17.6 Å². The summed E-state index contributed by atoms with van der Waals surface area (Å²) in [5, 5.41) is 9.20. The standard InChI is InChI=1S/C20H28BrN3O5/c1-13(27-12-14-8-6-5-7-9-14)17(23-19(26)28-20(2,3)4)18(25)22-11-15-10-16(21)24-29-15/h5-9,13,15,17H,10-12H2,1-4H3,(H,22,25)(H,23,26). The predicted molar refractivity (Wildman–Crippen MR) is 113 cm³/mol. The fourth-order valence-electron chi connectivity index (χ4n) is 2.56. The van der Waals surface area contributed by atoms with Crippen LogP contribution in [0.15, 0.2) is 35.5 Å². The molecule has 2 rings (SSSR count). The minimum atomic E-state index is -0.931. The lowest BCUT2D eigenvalue weighted by Crippen LogP contribution is -2.54. The average molecular weight is 470 g/mol. The summed E-state index contributed by atoms with van der Waals surface area (Å²) in [5.41, 5.74) is 0.290. The van der Waals surface area contributed by atoms with Crippen LogP contribution >= 0.6 is 15.9 Å². The van der Waals surface area contributed by atoms with Crippen LogP contribution in [0, 0.1) is 0 Å². The molecule has 8 nitrogen and oxygen atoms in total. The van der Waals surface area contributed by atoms with E-state index >= 15 is 0 Å². The number of hydrogen-bond donors (Lipinski definition) is 2. The van der Waals surface area contributed by atoms with Crippen LogP contribution in [0.2, 0.25) is 0 Å². The molecule has 1 aromatic carbocycles. The molecule has 0 saturated heterocycles. The molecule has 0 aromatic heterocycles. The average Bonchev–Trinajstić information content (AvgIpc) is 3.07. The molecule has 160 valence electrons. The van der Waals surface area contributed by atoms with Crippen molar-refractivity contribution >= 4 is 32.6 Å². The maximum atomic E-state index is 12.8. The van der Waals surface area contributed by atoms with E-state index in [9.17, 15) is 9.59 Å². The Labute approximate surface area is 179 Å². The van der Waals surface area contributed by atoms with Gasteiger partial charge in [-0.3, -0.25) is 4.79 Å². The number of ether oxygens (including phenoxy) is 2. The first kappa shape index (κ1) is 23.2. The highest BCUT2D eigenvalue weighted by molar-refractivity contribution is 9.18. The number of halogens is 1. The summed E-state index contributed by atoms with van der Waals surface area (Å²) in [4.78, 5) is 30.2. The Morgan fingerprint density at radius 2 is 2.00 bits per heavy atom. The fraction of sp³-hybridized carbons (Fsp3) is 0.550. The van der Waals surface area contributed by atoms with Gasteiger partial charge in [-0.1, -0.05) is 35.5 Å². The molecule has 0 bridgehead atoms. The molecule has 2 N–H and O–H groups in total. The first-order valence-corrected chi connectivity index (χ1v) is 10.2. The van der Waals surface area contributed by atoms with Gasteiger partial charge in [-0.05, 0) is 49.2 Å². The maximum absolute atomic E-state index is 12.8. The molecule has 0 saturated carbocycles. The normalized spacial score (nSPS) is 18.2. The molecule has 1 heterocycles. The fourth-order valence-corrected chi connectivity index (χ4v) is 3.00. The Kier molecular flexibility index (Phi) is 8.45. The highest BCUT2D eigenvalue weighted by Gasteiger charge is 2.31. The van der Waals surface area contributed by atoms with Gasteiger partial charge >= 0.3 is 6.09 Å². The van der Waals surface area contributed by atoms with Gasteiger partial charge in [0.1, 0.15) is 16.3 Å². The second-order valence-electron chi connectivity index (χ2n) is 7.77. The molecule has 2 amide bonds. The van der Waals surface area contributed by atoms with Crippen molar-refractivity contribution in [2.45, 2.75) is 64.6 Å². The SMILES string of the molecule is CC(OCc1ccccc1)C(NC(=O)OC(C)(C)C)C(=O)NCC1CC(Br)=NO1. The highest BCUT2D eigenvalue weighted by atomic mass is 79.9. The van der Waals surface area contributed by atoms with Crippen molar-refractivity contribution in [1.82, 2.24) is 10.6 Å². The number of carbonyl (C=O) groups is 2. The van der Waals surface area contributed by atoms with Crippen LogP contribution < -0.4 is 10.6 Å². The Morgan fingerprint density at radius 3 is 2.59 bits per heavy atom. The number of oxime groups is 1. The van der Waals surface area contributed by atoms with Gasteiger partial charge in [0.05, 0.1) is 19.3 Å². The number of hydrogen-bond acceptors (Lipinski definition) is 6. The van der Waals surface area contributed by atoms with E-state index in [1.807, 2.05) is 30.3 Å². The van der Waals surface area contributed by atoms with Crippen LogP contribution in [0.1, 0.15) is 39.7 Å². The number of amides is 2. The van der Waals surface area contributed by atoms with Crippen molar-refractivity contribution in [3.8, 4) is 0 Å². The maximum Gasteiger partial charge on any atom is 0.408 e. The van der Waals surface area contributed by atoms with Crippen molar-refractivity contribution in [2.24, 2.45) is 5.16 Å². The number of benzene rings is 1. The second-order valence-corrected chi connectivity index (χ2v) is 8.69. The zero-order valence-corrected chi connectivity index (χ0v) is 18.7. The zero-order chi connectivity index (χ0) is 21.4. The van der Waals surface area contributed by atoms with Crippen LogP contribution in [-0.4, -0.2) is 47.0 Å². The molecule has 1 aliphatic heterocycles. The molecule has 1 aromatic rings. The largest absolute Gasteiger partial charge is 0.444 e. The van der Waals surface area contributed by atoms with Crippen LogP contribution in [-0.2, 0) is 25.7 Å². The Bertz CT molecular complexity index is 721. The smallest absolute Gasteiger partial charge is 0.408 e. The van der Waals surface area contributed by atoms with Crippen molar-refractivity contribution in [3.05, 3.63) is 35.9 Å². The summed E-state index contributed by atoms with van der Waals surface area (Å²) in [6.07, 6.45) is -0.952. The summed E-state index contributed by atoms with van der Waals surface area (Å²) in [7, 11) is 0. The number of nitrogens with zero attached hydrogens (tertiary/aromatic N) is 1. The van der Waals surface area contributed by atoms with Gasteiger partial charge < -0.3 is 24.9 Å². The van der Waals surface area contributed by atoms with Gasteiger partial charge in [-0.15, -0.1) is 0 Å². The molecule has 0 fully saturated rings. The zero-order valence-electron chi connectivity index (χ0n) is 17.1. The van der Waals surface area contributed by atoms with Gasteiger partial charge in [0.25, 0.3) is 0 Å². The molecule has 29 heavy (non-hydrogen) atoms. The first-order chi connectivity index (χ1) is 13.6. The number of alkyl carbamates (subject to hydrolysis) is 1. The number of rotatable bonds is 8. The van der Waals surface area contributed by atoms with Crippen LogP contribution in [0.4, 0.5) is 4.79 Å². The van der Waals surface area contributed by atoms with E-state index < -0.39 is 23.8 Å². The highest BCUT2D eigenvalue weighted by Crippen LogP contribution is 2.14. The summed E-state index contributed by atoms with van der Waals surface area (Å²) in [6, 6.07) is 8.67. The Morgan fingerprint density at radius 1 is 1.31 bits per heavy atom. The minimum absolute atomic E-state index is 0.254. The van der Waals surface area contributed by atoms with Crippen LogP contribution in [0.25, 0.3) is 0 Å². The Hall–Kier alpha value is -2.13. The lowest BCUT2D eigenvalue weighted by atomic mass is 10.1. The minimum Gasteiger partial charge on any atom is -0.444 e. The molecule has 0 spiro atoms. The predicted octanol–water partition coefficient (Wildman–Crippen LogP) is 3.10. The lowest BCUT2D eigenvalue weighted by molar-refractivity contribution is -0.127. The molecule has 9 heteroatoms. The molecule has 3 unspecified atom stereocenters. The summed E-state index contributed by atoms with van der Waals surface area (Å²) >= 11 is 3.26. The van der Waals surface area contributed by atoms with Crippen molar-refractivity contribution in [2.75, 3.05) is 6.54 Å². The molecule has 0 aliphatic carbocycles. The van der Waals surface area contributed by atoms with E-state index in [1.165, 1.54) is 0 Å². The van der Waals surface area contributed by atoms with E-state index in [1.54, 1.807) is 27.7 Å². The van der Waals surface area contributed by atoms with Gasteiger partial charge in [0.2, 0.25) is 5.91 Å². The second kappa shape index (κ2) is 10.6. The van der Waals surface area contributed by atoms with Crippen LogP contribution in [0.3, 0.4) is 0 Å². The quantitative estimate of drug-likeness (QED) is 0.609. The number of carbonyl (C=O) groups excluding carboxylic acids is 2. The first-order valence-electron chi connectivity index (χ1n) is 9.45. The third-order valence-electron chi connectivity index (χ3n) is 3.98. The van der Waals surface area contributed by atoms with E-state index in [0.717, 1.165) is 5.56 Å².